The van der Waals surface area contributed by atoms with E-state index in [2.05, 4.69) is 132 Å². The highest BCUT2D eigenvalue weighted by molar-refractivity contribution is 5.95. The van der Waals surface area contributed by atoms with Crippen LogP contribution >= 0.6 is 0 Å². The van der Waals surface area contributed by atoms with E-state index in [4.69, 9.17) is 0 Å². The van der Waals surface area contributed by atoms with Crippen molar-refractivity contribution in [1.29, 1.82) is 0 Å². The number of fused-ring (bicyclic) bond motifs is 10. The second kappa shape index (κ2) is 7.41. The summed E-state index contributed by atoms with van der Waals surface area (Å²) in [6, 6.07) is 44.8. The molecular weight excluding hydrogens is 448 g/mol. The Labute approximate surface area is 216 Å². The summed E-state index contributed by atoms with van der Waals surface area (Å²) in [5.74, 6) is 0. The normalized spacial score (nSPS) is 13.8. The Bertz CT molecular complexity index is 1770. The van der Waals surface area contributed by atoms with Crippen molar-refractivity contribution >= 4 is 0 Å². The van der Waals surface area contributed by atoms with Crippen LogP contribution in [0.5, 0.6) is 0 Å². The molecule has 2 nitrogen and oxygen atoms in total. The molecule has 0 atom stereocenters. The summed E-state index contributed by atoms with van der Waals surface area (Å²) in [5.41, 5.74) is 16.2. The zero-order chi connectivity index (χ0) is 24.6. The first kappa shape index (κ1) is 20.5. The molecule has 8 rings (SSSR count). The molecule has 6 aromatic rings. The van der Waals surface area contributed by atoms with Gasteiger partial charge in [0.2, 0.25) is 0 Å². The molecule has 5 aromatic carbocycles. The van der Waals surface area contributed by atoms with E-state index in [0.717, 1.165) is 17.0 Å². The molecule has 1 N–H and O–H groups in total. The van der Waals surface area contributed by atoms with Crippen LogP contribution in [0.3, 0.4) is 0 Å². The Morgan fingerprint density at radius 1 is 0.486 bits per heavy atom. The Morgan fingerprint density at radius 2 is 0.973 bits per heavy atom. The van der Waals surface area contributed by atoms with Gasteiger partial charge >= 0.3 is 0 Å². The number of aromatic amines is 1. The maximum absolute atomic E-state index is 4.42. The van der Waals surface area contributed by atoms with Crippen LogP contribution in [-0.4, -0.2) is 10.2 Å². The Morgan fingerprint density at radius 3 is 1.51 bits per heavy atom. The predicted molar refractivity (Wildman–Crippen MR) is 150 cm³/mol. The standard InChI is InChI=1S/C35H24N2/c1-22-20-34(37-36-22)24-16-14-23(15-17-24)25-18-19-29-28-10-4-7-13-32(28)35(33(29)21-25)30-11-5-2-8-26(30)27-9-3-6-12-31(27)35/h2-21H,1H3,(H,36,37). The van der Waals surface area contributed by atoms with Crippen molar-refractivity contribution in [2.75, 3.05) is 0 Å². The maximum atomic E-state index is 4.42. The summed E-state index contributed by atoms with van der Waals surface area (Å²) in [4.78, 5) is 0. The Balaban J connectivity index is 1.37. The van der Waals surface area contributed by atoms with Crippen LogP contribution < -0.4 is 0 Å². The molecular formula is C35H24N2. The zero-order valence-electron chi connectivity index (χ0n) is 20.5. The lowest BCUT2D eigenvalue weighted by Crippen LogP contribution is -2.25. The highest BCUT2D eigenvalue weighted by Crippen LogP contribution is 2.62. The van der Waals surface area contributed by atoms with E-state index >= 15 is 0 Å². The Hall–Kier alpha value is -4.69. The molecule has 2 aliphatic carbocycles. The van der Waals surface area contributed by atoms with Crippen LogP contribution in [0.4, 0.5) is 0 Å². The SMILES string of the molecule is Cc1cc(-c2ccc(-c3ccc4c(c3)C3(c5ccccc5-c5ccccc53)c3ccccc3-4)cc2)n[nH]1. The van der Waals surface area contributed by atoms with Crippen LogP contribution in [0.1, 0.15) is 27.9 Å². The van der Waals surface area contributed by atoms with Crippen LogP contribution in [0.25, 0.3) is 44.6 Å². The van der Waals surface area contributed by atoms with Crippen molar-refractivity contribution < 1.29 is 0 Å². The number of aryl methyl sites for hydroxylation is 1. The highest BCUT2D eigenvalue weighted by Gasteiger charge is 2.51. The van der Waals surface area contributed by atoms with E-state index in [0.29, 0.717) is 0 Å². The monoisotopic (exact) mass is 472 g/mol. The molecule has 37 heavy (non-hydrogen) atoms. The topological polar surface area (TPSA) is 28.7 Å². The molecule has 0 unspecified atom stereocenters. The van der Waals surface area contributed by atoms with Crippen molar-refractivity contribution in [3.63, 3.8) is 0 Å². The number of hydrogen-bond acceptors (Lipinski definition) is 1. The van der Waals surface area contributed by atoms with Gasteiger partial charge < -0.3 is 0 Å². The average molecular weight is 473 g/mol. The third kappa shape index (κ3) is 2.67. The van der Waals surface area contributed by atoms with E-state index in [1.165, 1.54) is 55.6 Å². The molecule has 174 valence electrons. The summed E-state index contributed by atoms with van der Waals surface area (Å²) in [7, 11) is 0. The van der Waals surface area contributed by atoms with E-state index in [-0.39, 0.29) is 5.41 Å². The van der Waals surface area contributed by atoms with Crippen molar-refractivity contribution in [2.24, 2.45) is 0 Å². The van der Waals surface area contributed by atoms with Gasteiger partial charge in [0, 0.05) is 11.3 Å². The first-order valence-electron chi connectivity index (χ1n) is 12.8. The molecule has 0 bridgehead atoms. The minimum atomic E-state index is -0.304. The number of rotatable bonds is 2. The summed E-state index contributed by atoms with van der Waals surface area (Å²) in [6.07, 6.45) is 0. The van der Waals surface area contributed by atoms with Crippen molar-refractivity contribution in [1.82, 2.24) is 10.2 Å². The Kier molecular flexibility index (Phi) is 4.10. The molecule has 1 spiro atoms. The second-order valence-electron chi connectivity index (χ2n) is 10.2. The van der Waals surface area contributed by atoms with E-state index in [9.17, 15) is 0 Å². The van der Waals surface area contributed by atoms with Crippen LogP contribution in [0.2, 0.25) is 0 Å². The fourth-order valence-electron chi connectivity index (χ4n) is 6.67. The maximum Gasteiger partial charge on any atom is 0.0923 e. The van der Waals surface area contributed by atoms with Crippen LogP contribution in [0.15, 0.2) is 121 Å². The summed E-state index contributed by atoms with van der Waals surface area (Å²) in [6.45, 7) is 2.03. The van der Waals surface area contributed by atoms with Crippen molar-refractivity contribution in [3.05, 3.63) is 149 Å². The summed E-state index contributed by atoms with van der Waals surface area (Å²) < 4.78 is 0. The first-order chi connectivity index (χ1) is 18.2. The van der Waals surface area contributed by atoms with Gasteiger partial charge in [-0.3, -0.25) is 5.10 Å². The van der Waals surface area contributed by atoms with E-state index in [1.54, 1.807) is 0 Å². The number of nitrogens with one attached hydrogen (secondary N) is 1. The molecule has 0 fully saturated rings. The van der Waals surface area contributed by atoms with E-state index in [1.807, 2.05) is 6.92 Å². The largest absolute Gasteiger partial charge is 0.282 e. The van der Waals surface area contributed by atoms with Gasteiger partial charge in [0.25, 0.3) is 0 Å². The molecule has 0 saturated heterocycles. The van der Waals surface area contributed by atoms with Gasteiger partial charge in [-0.1, -0.05) is 109 Å². The third-order valence-corrected chi connectivity index (χ3v) is 8.22. The van der Waals surface area contributed by atoms with Gasteiger partial charge in [0.05, 0.1) is 11.1 Å². The summed E-state index contributed by atoms with van der Waals surface area (Å²) >= 11 is 0. The van der Waals surface area contributed by atoms with Crippen LogP contribution in [-0.2, 0) is 5.41 Å². The molecule has 1 aromatic heterocycles. The molecule has 0 aliphatic heterocycles. The lowest BCUT2D eigenvalue weighted by atomic mass is 9.70. The molecule has 2 aliphatic rings. The smallest absolute Gasteiger partial charge is 0.0923 e. The molecule has 0 saturated carbocycles. The van der Waals surface area contributed by atoms with Gasteiger partial charge in [-0.25, -0.2) is 0 Å². The number of H-pyrrole nitrogens is 1. The fourth-order valence-corrected chi connectivity index (χ4v) is 6.67. The number of benzene rings is 5. The fraction of sp³-hybridized carbons (Fsp3) is 0.0571. The average Bonchev–Trinajstić information content (AvgIpc) is 3.61. The lowest BCUT2D eigenvalue weighted by molar-refractivity contribution is 0.794. The molecule has 0 radical (unpaired) electrons. The molecule has 1 heterocycles. The van der Waals surface area contributed by atoms with E-state index < -0.39 is 0 Å². The van der Waals surface area contributed by atoms with Gasteiger partial charge in [-0.05, 0) is 74.7 Å². The number of nitrogens with zero attached hydrogens (tertiary/aromatic N) is 1. The minimum Gasteiger partial charge on any atom is -0.282 e. The van der Waals surface area contributed by atoms with Gasteiger partial charge in [-0.2, -0.15) is 5.10 Å². The van der Waals surface area contributed by atoms with Gasteiger partial charge in [0.15, 0.2) is 0 Å². The highest BCUT2D eigenvalue weighted by atomic mass is 15.1. The van der Waals surface area contributed by atoms with Gasteiger partial charge in [-0.15, -0.1) is 0 Å². The minimum absolute atomic E-state index is 0.304. The number of hydrogen-bond donors (Lipinski definition) is 1. The number of aromatic nitrogens is 2. The first-order valence-corrected chi connectivity index (χ1v) is 12.8. The molecule has 0 amide bonds. The van der Waals surface area contributed by atoms with Gasteiger partial charge in [0.1, 0.15) is 0 Å². The van der Waals surface area contributed by atoms with Crippen molar-refractivity contribution in [3.8, 4) is 44.6 Å². The third-order valence-electron chi connectivity index (χ3n) is 8.22. The second-order valence-corrected chi connectivity index (χ2v) is 10.2. The molecule has 2 heteroatoms. The lowest BCUT2D eigenvalue weighted by Gasteiger charge is -2.30. The zero-order valence-corrected chi connectivity index (χ0v) is 20.5. The van der Waals surface area contributed by atoms with Crippen LogP contribution in [0, 0.1) is 6.92 Å². The summed E-state index contributed by atoms with van der Waals surface area (Å²) in [5, 5.41) is 7.47. The predicted octanol–water partition coefficient (Wildman–Crippen LogP) is 8.40. The quantitative estimate of drug-likeness (QED) is 0.269. The van der Waals surface area contributed by atoms with Crippen molar-refractivity contribution in [2.45, 2.75) is 12.3 Å².